The maximum atomic E-state index is 15.8. The minimum absolute atomic E-state index is 0.00115. The molecular weight excluding hydrogens is 622 g/mol. The lowest BCUT2D eigenvalue weighted by molar-refractivity contribution is -0.136. The molecule has 11 nitrogen and oxygen atoms in total. The SMILES string of the molecule is O=C1CCC(N2C(=O)c3ccc(C(=O)N4CCC(N5CCN(C(c6ccccc6)c6ccccn6)CC5)C(F)(F)C4)cc3C2=O)C(=O)N1. The van der Waals surface area contributed by atoms with Gasteiger partial charge in [0.05, 0.1) is 35.4 Å². The Labute approximate surface area is 275 Å². The number of aromatic nitrogens is 1. The quantitative estimate of drug-likeness (QED) is 0.402. The number of carbonyl (C=O) groups excluding carboxylic acids is 5. The van der Waals surface area contributed by atoms with E-state index in [2.05, 4.69) is 27.3 Å². The number of amides is 5. The molecule has 4 aliphatic rings. The largest absolute Gasteiger partial charge is 0.332 e. The summed E-state index contributed by atoms with van der Waals surface area (Å²) in [7, 11) is 0. The van der Waals surface area contributed by atoms with E-state index in [1.54, 1.807) is 6.20 Å². The van der Waals surface area contributed by atoms with Crippen molar-refractivity contribution in [1.82, 2.24) is 29.9 Å². The van der Waals surface area contributed by atoms with Gasteiger partial charge in [0, 0.05) is 50.9 Å². The van der Waals surface area contributed by atoms with E-state index in [1.165, 1.54) is 18.2 Å². The number of fused-ring (bicyclic) bond motifs is 1. The molecule has 248 valence electrons. The van der Waals surface area contributed by atoms with Gasteiger partial charge >= 0.3 is 0 Å². The molecule has 0 bridgehead atoms. The average molecular weight is 657 g/mol. The highest BCUT2D eigenvalue weighted by Gasteiger charge is 2.50. The van der Waals surface area contributed by atoms with Crippen LogP contribution in [-0.4, -0.2) is 111 Å². The van der Waals surface area contributed by atoms with E-state index in [0.29, 0.717) is 26.2 Å². The lowest BCUT2D eigenvalue weighted by Gasteiger charge is -2.47. The van der Waals surface area contributed by atoms with Crippen molar-refractivity contribution in [1.29, 1.82) is 0 Å². The lowest BCUT2D eigenvalue weighted by Crippen LogP contribution is -2.62. The van der Waals surface area contributed by atoms with Gasteiger partial charge in [-0.2, -0.15) is 0 Å². The normalized spacial score (nSPS) is 24.0. The highest BCUT2D eigenvalue weighted by molar-refractivity contribution is 6.24. The number of rotatable bonds is 6. The maximum Gasteiger partial charge on any atom is 0.280 e. The first-order valence-electron chi connectivity index (χ1n) is 16.1. The van der Waals surface area contributed by atoms with Crippen LogP contribution >= 0.6 is 0 Å². The predicted octanol–water partition coefficient (Wildman–Crippen LogP) is 2.74. The molecule has 4 aliphatic heterocycles. The van der Waals surface area contributed by atoms with Gasteiger partial charge in [0.15, 0.2) is 0 Å². The fourth-order valence-corrected chi connectivity index (χ4v) is 7.39. The van der Waals surface area contributed by atoms with Gasteiger partial charge in [-0.1, -0.05) is 36.4 Å². The Hall–Kier alpha value is -4.88. The zero-order valence-corrected chi connectivity index (χ0v) is 26.1. The molecule has 3 saturated heterocycles. The fraction of sp³-hybridized carbons (Fsp3) is 0.371. The topological polar surface area (TPSA) is 123 Å². The number of piperidine rings is 2. The number of nitrogens with zero attached hydrogens (tertiary/aromatic N) is 5. The number of alkyl halides is 2. The number of nitrogens with one attached hydrogen (secondary N) is 1. The predicted molar refractivity (Wildman–Crippen MR) is 168 cm³/mol. The molecule has 3 fully saturated rings. The third-order valence-corrected chi connectivity index (χ3v) is 9.77. The van der Waals surface area contributed by atoms with E-state index in [4.69, 9.17) is 0 Å². The van der Waals surface area contributed by atoms with Gasteiger partial charge in [0.25, 0.3) is 23.6 Å². The first-order valence-corrected chi connectivity index (χ1v) is 16.1. The van der Waals surface area contributed by atoms with Gasteiger partial charge in [-0.05, 0) is 48.7 Å². The molecule has 0 saturated carbocycles. The molecule has 1 N–H and O–H groups in total. The number of halogens is 2. The maximum absolute atomic E-state index is 15.8. The Morgan fingerprint density at radius 1 is 0.854 bits per heavy atom. The highest BCUT2D eigenvalue weighted by Crippen LogP contribution is 2.35. The fourth-order valence-electron chi connectivity index (χ4n) is 7.39. The second-order valence-corrected chi connectivity index (χ2v) is 12.6. The molecule has 3 unspecified atom stereocenters. The van der Waals surface area contributed by atoms with E-state index in [9.17, 15) is 24.0 Å². The van der Waals surface area contributed by atoms with Gasteiger partial charge in [-0.15, -0.1) is 0 Å². The summed E-state index contributed by atoms with van der Waals surface area (Å²) in [5.74, 6) is -6.54. The van der Waals surface area contributed by atoms with Gasteiger partial charge < -0.3 is 4.90 Å². The van der Waals surface area contributed by atoms with Crippen LogP contribution in [-0.2, 0) is 9.59 Å². The molecule has 0 aliphatic carbocycles. The van der Waals surface area contributed by atoms with Crippen LogP contribution in [0.3, 0.4) is 0 Å². The zero-order valence-electron chi connectivity index (χ0n) is 26.1. The molecule has 0 radical (unpaired) electrons. The standard InChI is InChI=1S/C35H34F2N6O5/c36-35(37)21-42(32(46)23-9-10-24-25(20-23)34(48)43(33(24)47)27-11-12-29(44)39-31(27)45)15-13-28(35)40-16-18-41(19-17-40)30(22-6-2-1-3-7-22)26-8-4-5-14-38-26/h1-10,14,20,27-28,30H,11-13,15-19,21H2,(H,39,44,45). The molecule has 5 amide bonds. The Balaban J connectivity index is 1.01. The number of hydrogen-bond acceptors (Lipinski definition) is 8. The number of hydrogen-bond donors (Lipinski definition) is 1. The smallest absolute Gasteiger partial charge is 0.280 e. The highest BCUT2D eigenvalue weighted by atomic mass is 19.3. The summed E-state index contributed by atoms with van der Waals surface area (Å²) in [6.07, 6.45) is 1.81. The van der Waals surface area contributed by atoms with Crippen LogP contribution in [0.25, 0.3) is 0 Å². The Kier molecular flexibility index (Phi) is 8.34. The summed E-state index contributed by atoms with van der Waals surface area (Å²) in [5, 5.41) is 2.14. The average Bonchev–Trinajstić information content (AvgIpc) is 3.34. The first-order chi connectivity index (χ1) is 23.1. The van der Waals surface area contributed by atoms with Crippen LogP contribution in [0.4, 0.5) is 8.78 Å². The summed E-state index contributed by atoms with van der Waals surface area (Å²) in [6.45, 7) is 1.35. The molecule has 1 aromatic heterocycles. The van der Waals surface area contributed by atoms with Crippen molar-refractivity contribution in [3.63, 3.8) is 0 Å². The Morgan fingerprint density at radius 3 is 2.27 bits per heavy atom. The summed E-state index contributed by atoms with van der Waals surface area (Å²) in [4.78, 5) is 74.2. The molecule has 5 heterocycles. The number of likely N-dealkylation sites (tertiary alicyclic amines) is 1. The van der Waals surface area contributed by atoms with E-state index in [1.807, 2.05) is 41.3 Å². The second-order valence-electron chi connectivity index (χ2n) is 12.6. The van der Waals surface area contributed by atoms with Crippen molar-refractivity contribution < 1.29 is 32.8 Å². The van der Waals surface area contributed by atoms with Crippen molar-refractivity contribution >= 4 is 29.5 Å². The van der Waals surface area contributed by atoms with Crippen molar-refractivity contribution in [3.8, 4) is 0 Å². The summed E-state index contributed by atoms with van der Waals surface area (Å²) in [5.41, 5.74) is 1.93. The number of piperazine rings is 1. The van der Waals surface area contributed by atoms with Crippen LogP contribution in [0.2, 0.25) is 0 Å². The molecule has 3 aromatic rings. The van der Waals surface area contributed by atoms with E-state index < -0.39 is 54.1 Å². The molecular formula is C35H34F2N6O5. The van der Waals surface area contributed by atoms with Crippen LogP contribution in [0.5, 0.6) is 0 Å². The minimum atomic E-state index is -3.18. The van der Waals surface area contributed by atoms with Gasteiger partial charge in [-0.25, -0.2) is 8.78 Å². The van der Waals surface area contributed by atoms with Crippen molar-refractivity contribution in [2.45, 2.75) is 43.3 Å². The van der Waals surface area contributed by atoms with Gasteiger partial charge in [0.1, 0.15) is 6.04 Å². The van der Waals surface area contributed by atoms with E-state index in [0.717, 1.165) is 21.1 Å². The third-order valence-electron chi connectivity index (χ3n) is 9.77. The third kappa shape index (κ3) is 5.77. The zero-order chi connectivity index (χ0) is 33.6. The van der Waals surface area contributed by atoms with Crippen molar-refractivity contribution in [2.24, 2.45) is 0 Å². The monoisotopic (exact) mass is 656 g/mol. The summed E-state index contributed by atoms with van der Waals surface area (Å²) >= 11 is 0. The van der Waals surface area contributed by atoms with Crippen LogP contribution < -0.4 is 5.32 Å². The van der Waals surface area contributed by atoms with Crippen LogP contribution in [0, 0.1) is 0 Å². The number of pyridine rings is 1. The van der Waals surface area contributed by atoms with E-state index >= 15 is 8.78 Å². The van der Waals surface area contributed by atoms with E-state index in [-0.39, 0.29) is 48.5 Å². The molecule has 3 atom stereocenters. The van der Waals surface area contributed by atoms with Gasteiger partial charge in [0.2, 0.25) is 11.8 Å². The molecule has 0 spiro atoms. The number of imide groups is 2. The number of benzene rings is 2. The molecule has 7 rings (SSSR count). The minimum Gasteiger partial charge on any atom is -0.332 e. The molecule has 48 heavy (non-hydrogen) atoms. The Bertz CT molecular complexity index is 1730. The van der Waals surface area contributed by atoms with Crippen LogP contribution in [0.1, 0.15) is 67.6 Å². The van der Waals surface area contributed by atoms with Crippen molar-refractivity contribution in [2.75, 3.05) is 39.3 Å². The lowest BCUT2D eigenvalue weighted by atomic mass is 9.96. The Morgan fingerprint density at radius 2 is 1.58 bits per heavy atom. The first kappa shape index (κ1) is 31.7. The molecule has 2 aromatic carbocycles. The summed E-state index contributed by atoms with van der Waals surface area (Å²) in [6, 6.07) is 17.4. The number of carbonyl (C=O) groups is 5. The van der Waals surface area contributed by atoms with Crippen molar-refractivity contribution in [3.05, 3.63) is 101 Å². The second kappa shape index (κ2) is 12.6. The van der Waals surface area contributed by atoms with Crippen LogP contribution in [0.15, 0.2) is 72.9 Å². The molecule has 13 heteroatoms. The van der Waals surface area contributed by atoms with Gasteiger partial charge in [-0.3, -0.25) is 49.0 Å². The summed E-state index contributed by atoms with van der Waals surface area (Å²) < 4.78 is 31.6.